The minimum Gasteiger partial charge on any atom is -0.456 e. The summed E-state index contributed by atoms with van der Waals surface area (Å²) in [6.07, 6.45) is 0.791. The molecule has 0 spiro atoms. The SMILES string of the molecule is CSNCc1cccc(-c2ccc3c(N)c(C(O)c4ccc(F)cc4Cl)oc3c2)c1. The van der Waals surface area contributed by atoms with Crippen LogP contribution >= 0.6 is 23.5 Å². The molecule has 30 heavy (non-hydrogen) atoms. The van der Waals surface area contributed by atoms with Gasteiger partial charge in [0.2, 0.25) is 0 Å². The minimum absolute atomic E-state index is 0.110. The number of rotatable bonds is 6. The summed E-state index contributed by atoms with van der Waals surface area (Å²) >= 11 is 7.67. The Morgan fingerprint density at radius 3 is 2.70 bits per heavy atom. The standard InChI is InChI=1S/C23H20ClFN2O2S/c1-30-27-12-13-3-2-4-14(9-13)15-5-7-18-20(10-15)29-23(21(18)26)22(28)17-8-6-16(25)11-19(17)24/h2-11,22,27-28H,12,26H2,1H3. The minimum atomic E-state index is -1.20. The first-order valence-electron chi connectivity index (χ1n) is 9.28. The first-order chi connectivity index (χ1) is 14.5. The second-order valence-electron chi connectivity index (χ2n) is 6.88. The Morgan fingerprint density at radius 1 is 1.13 bits per heavy atom. The number of hydrogen-bond donors (Lipinski definition) is 3. The van der Waals surface area contributed by atoms with E-state index in [9.17, 15) is 9.50 Å². The van der Waals surface area contributed by atoms with Gasteiger partial charge in [0.25, 0.3) is 0 Å². The van der Waals surface area contributed by atoms with Gasteiger partial charge in [0.1, 0.15) is 17.5 Å². The van der Waals surface area contributed by atoms with Crippen molar-refractivity contribution < 1.29 is 13.9 Å². The average Bonchev–Trinajstić information content (AvgIpc) is 3.08. The van der Waals surface area contributed by atoms with Crippen molar-refractivity contribution >= 4 is 40.2 Å². The molecule has 0 saturated heterocycles. The Morgan fingerprint density at radius 2 is 1.93 bits per heavy atom. The van der Waals surface area contributed by atoms with Crippen LogP contribution in [0.15, 0.2) is 65.1 Å². The molecule has 0 bridgehead atoms. The van der Waals surface area contributed by atoms with E-state index in [-0.39, 0.29) is 10.8 Å². The third-order valence-electron chi connectivity index (χ3n) is 4.94. The van der Waals surface area contributed by atoms with Gasteiger partial charge in [0, 0.05) is 22.5 Å². The second-order valence-corrected chi connectivity index (χ2v) is 7.99. The summed E-state index contributed by atoms with van der Waals surface area (Å²) < 4.78 is 22.5. The van der Waals surface area contributed by atoms with E-state index in [2.05, 4.69) is 16.9 Å². The van der Waals surface area contributed by atoms with E-state index >= 15 is 0 Å². The lowest BCUT2D eigenvalue weighted by Gasteiger charge is -2.11. The van der Waals surface area contributed by atoms with Crippen LogP contribution in [0.4, 0.5) is 10.1 Å². The third-order valence-corrected chi connectivity index (χ3v) is 5.70. The van der Waals surface area contributed by atoms with E-state index in [1.54, 1.807) is 11.9 Å². The van der Waals surface area contributed by atoms with Gasteiger partial charge in [-0.2, -0.15) is 0 Å². The van der Waals surface area contributed by atoms with Crippen molar-refractivity contribution in [3.8, 4) is 11.1 Å². The van der Waals surface area contributed by atoms with Crippen LogP contribution in [0.2, 0.25) is 5.02 Å². The van der Waals surface area contributed by atoms with Crippen LogP contribution in [0.5, 0.6) is 0 Å². The van der Waals surface area contributed by atoms with E-state index in [1.807, 2.05) is 36.6 Å². The van der Waals surface area contributed by atoms with E-state index in [0.717, 1.165) is 23.7 Å². The molecule has 0 saturated carbocycles. The number of halogens is 2. The van der Waals surface area contributed by atoms with Crippen molar-refractivity contribution in [1.82, 2.24) is 4.72 Å². The van der Waals surface area contributed by atoms with Crippen LogP contribution in [0.1, 0.15) is 23.0 Å². The highest BCUT2D eigenvalue weighted by atomic mass is 35.5. The second kappa shape index (κ2) is 8.70. The van der Waals surface area contributed by atoms with E-state index < -0.39 is 11.9 Å². The normalized spacial score (nSPS) is 12.4. The highest BCUT2D eigenvalue weighted by Crippen LogP contribution is 2.39. The molecule has 1 aromatic heterocycles. The number of benzene rings is 3. The highest BCUT2D eigenvalue weighted by molar-refractivity contribution is 7.96. The summed E-state index contributed by atoms with van der Waals surface area (Å²) in [6.45, 7) is 0.764. The fourth-order valence-electron chi connectivity index (χ4n) is 3.40. The van der Waals surface area contributed by atoms with Crippen molar-refractivity contribution in [3.63, 3.8) is 0 Å². The number of nitrogens with one attached hydrogen (secondary N) is 1. The Bertz CT molecular complexity index is 1210. The summed E-state index contributed by atoms with van der Waals surface area (Å²) in [7, 11) is 0. The fraction of sp³-hybridized carbons (Fsp3) is 0.130. The van der Waals surface area contributed by atoms with Gasteiger partial charge in [-0.3, -0.25) is 4.72 Å². The number of hydrogen-bond acceptors (Lipinski definition) is 5. The van der Waals surface area contributed by atoms with Crippen LogP contribution in [-0.2, 0) is 6.54 Å². The summed E-state index contributed by atoms with van der Waals surface area (Å²) in [5.41, 5.74) is 10.7. The predicted octanol–water partition coefficient (Wildman–Crippen LogP) is 5.92. The molecule has 0 radical (unpaired) electrons. The van der Waals surface area contributed by atoms with Crippen molar-refractivity contribution in [2.24, 2.45) is 0 Å². The molecule has 1 heterocycles. The first kappa shape index (κ1) is 20.8. The first-order valence-corrected chi connectivity index (χ1v) is 10.9. The average molecular weight is 443 g/mol. The molecule has 1 unspecified atom stereocenters. The molecule has 0 aliphatic rings. The Labute approximate surface area is 183 Å². The quantitative estimate of drug-likeness (QED) is 0.323. The van der Waals surface area contributed by atoms with Crippen molar-refractivity contribution in [2.45, 2.75) is 12.6 Å². The molecular weight excluding hydrogens is 423 g/mol. The number of anilines is 1. The summed E-state index contributed by atoms with van der Waals surface area (Å²) in [6, 6.07) is 17.8. The van der Waals surface area contributed by atoms with E-state index in [4.69, 9.17) is 21.8 Å². The van der Waals surface area contributed by atoms with Crippen molar-refractivity contribution in [1.29, 1.82) is 0 Å². The molecule has 3 aromatic carbocycles. The number of furan rings is 1. The smallest absolute Gasteiger partial charge is 0.161 e. The lowest BCUT2D eigenvalue weighted by molar-refractivity contribution is 0.193. The van der Waals surface area contributed by atoms with Gasteiger partial charge >= 0.3 is 0 Å². The van der Waals surface area contributed by atoms with Crippen LogP contribution < -0.4 is 10.5 Å². The number of nitrogen functional groups attached to an aromatic ring is 1. The molecular formula is C23H20ClFN2O2S. The van der Waals surface area contributed by atoms with Crippen LogP contribution in [0.3, 0.4) is 0 Å². The van der Waals surface area contributed by atoms with Crippen molar-refractivity contribution in [2.75, 3.05) is 12.0 Å². The molecule has 4 nitrogen and oxygen atoms in total. The molecule has 0 fully saturated rings. The Kier molecular flexibility index (Phi) is 6.01. The van der Waals surface area contributed by atoms with Crippen molar-refractivity contribution in [3.05, 3.63) is 88.4 Å². The number of nitrogens with two attached hydrogens (primary N) is 1. The molecule has 1 atom stereocenters. The molecule has 4 aromatic rings. The molecule has 7 heteroatoms. The highest BCUT2D eigenvalue weighted by Gasteiger charge is 2.23. The molecule has 0 aliphatic carbocycles. The number of aliphatic hydroxyl groups excluding tert-OH is 1. The largest absolute Gasteiger partial charge is 0.456 e. The summed E-state index contributed by atoms with van der Waals surface area (Å²) in [5.74, 6) is -0.290. The Hall–Kier alpha value is -2.51. The van der Waals surface area contributed by atoms with E-state index in [0.29, 0.717) is 22.2 Å². The zero-order chi connectivity index (χ0) is 21.3. The number of aliphatic hydroxyl groups is 1. The monoisotopic (exact) mass is 442 g/mol. The zero-order valence-electron chi connectivity index (χ0n) is 16.2. The Balaban J connectivity index is 1.71. The topological polar surface area (TPSA) is 71.4 Å². The predicted molar refractivity (Wildman–Crippen MR) is 122 cm³/mol. The number of fused-ring (bicyclic) bond motifs is 1. The maximum Gasteiger partial charge on any atom is 0.161 e. The summed E-state index contributed by atoms with van der Waals surface area (Å²) in [4.78, 5) is 0. The van der Waals surface area contributed by atoms with Gasteiger partial charge in [-0.25, -0.2) is 4.39 Å². The molecule has 0 amide bonds. The molecule has 4 N–H and O–H groups in total. The summed E-state index contributed by atoms with van der Waals surface area (Å²) in [5, 5.41) is 11.6. The fourth-order valence-corrected chi connectivity index (χ4v) is 3.98. The van der Waals surface area contributed by atoms with E-state index in [1.165, 1.54) is 17.7 Å². The maximum absolute atomic E-state index is 13.3. The molecule has 4 rings (SSSR count). The molecule has 154 valence electrons. The van der Waals surface area contributed by atoms with Crippen LogP contribution in [0.25, 0.3) is 22.1 Å². The zero-order valence-corrected chi connectivity index (χ0v) is 17.7. The van der Waals surface area contributed by atoms with Gasteiger partial charge in [-0.1, -0.05) is 53.9 Å². The lowest BCUT2D eigenvalue weighted by atomic mass is 10.0. The van der Waals surface area contributed by atoms with Gasteiger partial charge in [0.15, 0.2) is 5.76 Å². The van der Waals surface area contributed by atoms with Gasteiger partial charge in [-0.05, 0) is 53.3 Å². The van der Waals surface area contributed by atoms with Crippen LogP contribution in [0, 0.1) is 5.82 Å². The van der Waals surface area contributed by atoms with Gasteiger partial charge in [0.05, 0.1) is 5.69 Å². The molecule has 0 aliphatic heterocycles. The maximum atomic E-state index is 13.3. The third kappa shape index (κ3) is 4.04. The van der Waals surface area contributed by atoms with Gasteiger partial charge < -0.3 is 15.3 Å². The van der Waals surface area contributed by atoms with Crippen LogP contribution in [-0.4, -0.2) is 11.4 Å². The lowest BCUT2D eigenvalue weighted by Crippen LogP contribution is -2.02. The van der Waals surface area contributed by atoms with Gasteiger partial charge in [-0.15, -0.1) is 0 Å².